The first-order valence-electron chi connectivity index (χ1n) is 7.96. The Morgan fingerprint density at radius 3 is 2.54 bits per heavy atom. The molecule has 1 atom stereocenters. The molecule has 2 aromatic carbocycles. The summed E-state index contributed by atoms with van der Waals surface area (Å²) in [7, 11) is 0. The fraction of sp³-hybridized carbons (Fsp3) is 0.200. The Morgan fingerprint density at radius 1 is 1.08 bits per heavy atom. The molecule has 0 fully saturated rings. The van der Waals surface area contributed by atoms with Gasteiger partial charge in [0.1, 0.15) is 11.6 Å². The Balaban J connectivity index is 1.78. The molecule has 0 spiro atoms. The molecule has 24 heavy (non-hydrogen) atoms. The number of hydrogen-bond acceptors (Lipinski definition) is 2. The molecule has 0 saturated carbocycles. The van der Waals surface area contributed by atoms with Crippen molar-refractivity contribution >= 4 is 0 Å². The van der Waals surface area contributed by atoms with Gasteiger partial charge in [-0.3, -0.25) is 5.10 Å². The highest BCUT2D eigenvalue weighted by atomic mass is 19.1. The monoisotopic (exact) mass is 319 g/mol. The number of aromatic nitrogens is 3. The third-order valence-electron chi connectivity index (χ3n) is 3.90. The Kier molecular flexibility index (Phi) is 4.72. The van der Waals surface area contributed by atoms with Crippen molar-refractivity contribution in [2.75, 3.05) is 0 Å². The van der Waals surface area contributed by atoms with Crippen molar-refractivity contribution in [1.29, 1.82) is 0 Å². The van der Waals surface area contributed by atoms with Gasteiger partial charge >= 0.3 is 0 Å². The van der Waals surface area contributed by atoms with Crippen LogP contribution in [-0.2, 0) is 0 Å². The van der Waals surface area contributed by atoms with Gasteiger partial charge in [0.05, 0.1) is 0 Å². The number of hydrogen-bond donors (Lipinski definition) is 1. The van der Waals surface area contributed by atoms with Crippen LogP contribution in [0.2, 0.25) is 0 Å². The molecule has 0 aliphatic rings. The lowest BCUT2D eigenvalue weighted by Crippen LogP contribution is -1.93. The van der Waals surface area contributed by atoms with E-state index in [4.69, 9.17) is 0 Å². The number of rotatable bonds is 3. The van der Waals surface area contributed by atoms with E-state index in [1.165, 1.54) is 12.1 Å². The summed E-state index contributed by atoms with van der Waals surface area (Å²) >= 11 is 0. The topological polar surface area (TPSA) is 41.6 Å². The number of H-pyrrole nitrogens is 1. The SMILES string of the molecule is CCC(C)c1nc(-c2ccc(C#Cc3cccc(F)c3)cc2)n[nH]1. The van der Waals surface area contributed by atoms with Gasteiger partial charge in [-0.25, -0.2) is 9.37 Å². The zero-order valence-corrected chi connectivity index (χ0v) is 13.7. The second-order valence-electron chi connectivity index (χ2n) is 5.69. The fourth-order valence-corrected chi connectivity index (χ4v) is 2.23. The molecule has 3 aromatic rings. The minimum Gasteiger partial charge on any atom is -0.262 e. The predicted molar refractivity (Wildman–Crippen MR) is 92.9 cm³/mol. The molecule has 0 amide bonds. The largest absolute Gasteiger partial charge is 0.262 e. The maximum Gasteiger partial charge on any atom is 0.181 e. The van der Waals surface area contributed by atoms with Gasteiger partial charge in [-0.15, -0.1) is 0 Å². The first-order chi connectivity index (χ1) is 11.7. The van der Waals surface area contributed by atoms with E-state index in [-0.39, 0.29) is 5.82 Å². The number of nitrogens with zero attached hydrogens (tertiary/aromatic N) is 2. The minimum absolute atomic E-state index is 0.279. The van der Waals surface area contributed by atoms with E-state index in [0.717, 1.165) is 23.4 Å². The number of benzene rings is 2. The van der Waals surface area contributed by atoms with Crippen LogP contribution in [0.3, 0.4) is 0 Å². The number of nitrogens with one attached hydrogen (secondary N) is 1. The van der Waals surface area contributed by atoms with Crippen molar-refractivity contribution in [3.63, 3.8) is 0 Å². The van der Waals surface area contributed by atoms with Gasteiger partial charge in [-0.1, -0.05) is 31.8 Å². The van der Waals surface area contributed by atoms with E-state index in [1.54, 1.807) is 12.1 Å². The zero-order chi connectivity index (χ0) is 16.9. The summed E-state index contributed by atoms with van der Waals surface area (Å²) in [6, 6.07) is 14.0. The number of aromatic amines is 1. The van der Waals surface area contributed by atoms with E-state index < -0.39 is 0 Å². The van der Waals surface area contributed by atoms with E-state index in [0.29, 0.717) is 17.3 Å². The molecule has 0 bridgehead atoms. The Labute approximate surface area is 141 Å². The van der Waals surface area contributed by atoms with Gasteiger partial charge in [0.2, 0.25) is 0 Å². The summed E-state index contributed by atoms with van der Waals surface area (Å²) < 4.78 is 13.1. The third kappa shape index (κ3) is 3.69. The first-order valence-corrected chi connectivity index (χ1v) is 7.96. The standard InChI is InChI=1S/C20H18FN3/c1-3-14(2)19-22-20(24-23-19)17-11-9-15(10-12-17)7-8-16-5-4-6-18(21)13-16/h4-6,9-14H,3H2,1-2H3,(H,22,23,24). The fourth-order valence-electron chi connectivity index (χ4n) is 2.23. The Morgan fingerprint density at radius 2 is 1.83 bits per heavy atom. The van der Waals surface area contributed by atoms with Crippen LogP contribution < -0.4 is 0 Å². The average Bonchev–Trinajstić information content (AvgIpc) is 3.10. The molecule has 0 aliphatic heterocycles. The van der Waals surface area contributed by atoms with E-state index >= 15 is 0 Å². The van der Waals surface area contributed by atoms with Gasteiger partial charge in [-0.2, -0.15) is 5.10 Å². The Bertz CT molecular complexity index is 885. The van der Waals surface area contributed by atoms with Crippen LogP contribution in [0, 0.1) is 17.7 Å². The highest BCUT2D eigenvalue weighted by Gasteiger charge is 2.10. The van der Waals surface area contributed by atoms with Crippen molar-refractivity contribution in [3.8, 4) is 23.2 Å². The smallest absolute Gasteiger partial charge is 0.181 e. The third-order valence-corrected chi connectivity index (χ3v) is 3.90. The molecular weight excluding hydrogens is 301 g/mol. The van der Waals surface area contributed by atoms with E-state index in [9.17, 15) is 4.39 Å². The zero-order valence-electron chi connectivity index (χ0n) is 13.7. The van der Waals surface area contributed by atoms with Crippen molar-refractivity contribution in [2.45, 2.75) is 26.2 Å². The van der Waals surface area contributed by atoms with Crippen LogP contribution in [0.1, 0.15) is 43.1 Å². The lowest BCUT2D eigenvalue weighted by Gasteiger charge is -2.01. The second-order valence-corrected chi connectivity index (χ2v) is 5.69. The molecule has 0 saturated heterocycles. The van der Waals surface area contributed by atoms with E-state index in [1.807, 2.05) is 24.3 Å². The molecule has 120 valence electrons. The van der Waals surface area contributed by atoms with Crippen LogP contribution in [0.25, 0.3) is 11.4 Å². The molecule has 4 heteroatoms. The highest BCUT2D eigenvalue weighted by molar-refractivity contribution is 5.57. The van der Waals surface area contributed by atoms with Gasteiger partial charge in [0, 0.05) is 22.6 Å². The maximum atomic E-state index is 13.1. The van der Waals surface area contributed by atoms with Gasteiger partial charge in [0.25, 0.3) is 0 Å². The summed E-state index contributed by atoms with van der Waals surface area (Å²) in [6.07, 6.45) is 1.02. The van der Waals surface area contributed by atoms with Crippen LogP contribution in [0.4, 0.5) is 4.39 Å². The van der Waals surface area contributed by atoms with Crippen LogP contribution in [-0.4, -0.2) is 15.2 Å². The summed E-state index contributed by atoms with van der Waals surface area (Å²) in [6.45, 7) is 4.24. The van der Waals surface area contributed by atoms with Crippen molar-refractivity contribution in [3.05, 3.63) is 71.3 Å². The Hall–Kier alpha value is -2.93. The molecule has 0 aliphatic carbocycles. The quantitative estimate of drug-likeness (QED) is 0.721. The van der Waals surface area contributed by atoms with Gasteiger partial charge in [0.15, 0.2) is 5.82 Å². The van der Waals surface area contributed by atoms with Gasteiger partial charge < -0.3 is 0 Å². The summed E-state index contributed by atoms with van der Waals surface area (Å²) in [5.41, 5.74) is 2.46. The summed E-state index contributed by atoms with van der Waals surface area (Å²) in [4.78, 5) is 4.54. The summed E-state index contributed by atoms with van der Waals surface area (Å²) in [5, 5.41) is 7.27. The van der Waals surface area contributed by atoms with Crippen molar-refractivity contribution in [2.24, 2.45) is 0 Å². The average molecular weight is 319 g/mol. The molecule has 3 nitrogen and oxygen atoms in total. The summed E-state index contributed by atoms with van der Waals surface area (Å²) in [5.74, 6) is 7.67. The highest BCUT2D eigenvalue weighted by Crippen LogP contribution is 2.19. The predicted octanol–water partition coefficient (Wildman–Crippen LogP) is 4.52. The molecule has 1 heterocycles. The van der Waals surface area contributed by atoms with Crippen molar-refractivity contribution in [1.82, 2.24) is 15.2 Å². The van der Waals surface area contributed by atoms with Crippen LogP contribution in [0.5, 0.6) is 0 Å². The second kappa shape index (κ2) is 7.10. The molecular formula is C20H18FN3. The first kappa shape index (κ1) is 15.9. The maximum absolute atomic E-state index is 13.1. The van der Waals surface area contributed by atoms with E-state index in [2.05, 4.69) is 40.9 Å². The lowest BCUT2D eigenvalue weighted by molar-refractivity contribution is 0.627. The number of halogens is 1. The van der Waals surface area contributed by atoms with Gasteiger partial charge in [-0.05, 0) is 48.9 Å². The minimum atomic E-state index is -0.279. The lowest BCUT2D eigenvalue weighted by atomic mass is 10.1. The van der Waals surface area contributed by atoms with Crippen molar-refractivity contribution < 1.29 is 4.39 Å². The molecule has 0 radical (unpaired) electrons. The van der Waals surface area contributed by atoms with Crippen LogP contribution in [0.15, 0.2) is 48.5 Å². The normalized spacial score (nSPS) is 11.6. The molecule has 1 aromatic heterocycles. The molecule has 1 unspecified atom stereocenters. The molecule has 3 rings (SSSR count). The van der Waals surface area contributed by atoms with Crippen LogP contribution >= 0.6 is 0 Å². The molecule has 1 N–H and O–H groups in total.